The van der Waals surface area contributed by atoms with Crippen LogP contribution < -0.4 is 10.2 Å². The third-order valence-electron chi connectivity index (χ3n) is 4.69. The zero-order chi connectivity index (χ0) is 21.3. The fourth-order valence-electron chi connectivity index (χ4n) is 3.11. The van der Waals surface area contributed by atoms with E-state index in [9.17, 15) is 9.59 Å². The topological polar surface area (TPSA) is 74.9 Å². The van der Waals surface area contributed by atoms with Gasteiger partial charge in [-0.1, -0.05) is 50.0 Å². The summed E-state index contributed by atoms with van der Waals surface area (Å²) in [5.41, 5.74) is 1.70. The molecule has 8 heteroatoms. The van der Waals surface area contributed by atoms with E-state index in [1.54, 1.807) is 31.3 Å². The van der Waals surface area contributed by atoms with Crippen LogP contribution in [0.4, 0.5) is 5.69 Å². The van der Waals surface area contributed by atoms with E-state index < -0.39 is 6.17 Å². The molecule has 6 nitrogen and oxygen atoms in total. The first-order chi connectivity index (χ1) is 13.6. The first-order valence-electron chi connectivity index (χ1n) is 9.25. The Kier molecular flexibility index (Phi) is 6.05. The van der Waals surface area contributed by atoms with Gasteiger partial charge in [0.1, 0.15) is 0 Å². The van der Waals surface area contributed by atoms with Gasteiger partial charge in [0.05, 0.1) is 17.7 Å². The van der Waals surface area contributed by atoms with Gasteiger partial charge in [0.2, 0.25) is 12.1 Å². The largest absolute Gasteiger partial charge is 0.461 e. The van der Waals surface area contributed by atoms with Gasteiger partial charge in [-0.15, -0.1) is 0 Å². The van der Waals surface area contributed by atoms with Crippen molar-refractivity contribution in [2.24, 2.45) is 10.4 Å². The molecule has 0 saturated heterocycles. The van der Waals surface area contributed by atoms with Crippen molar-refractivity contribution in [2.75, 3.05) is 11.9 Å². The number of amides is 2. The van der Waals surface area contributed by atoms with E-state index >= 15 is 0 Å². The third kappa shape index (κ3) is 4.65. The Morgan fingerprint density at radius 3 is 2.66 bits per heavy atom. The third-order valence-corrected chi connectivity index (χ3v) is 5.28. The molecule has 1 atom stereocenters. The molecule has 2 heterocycles. The van der Waals surface area contributed by atoms with Crippen molar-refractivity contribution in [3.63, 3.8) is 0 Å². The zero-order valence-electron chi connectivity index (χ0n) is 16.8. The highest BCUT2D eigenvalue weighted by atomic mass is 35.5. The van der Waals surface area contributed by atoms with E-state index in [0.29, 0.717) is 33.6 Å². The van der Waals surface area contributed by atoms with Gasteiger partial charge < -0.3 is 14.6 Å². The van der Waals surface area contributed by atoms with Gasteiger partial charge in [-0.25, -0.2) is 0 Å². The quantitative estimate of drug-likeness (QED) is 0.769. The predicted molar refractivity (Wildman–Crippen MR) is 115 cm³/mol. The van der Waals surface area contributed by atoms with Crippen LogP contribution in [0.25, 0.3) is 0 Å². The Morgan fingerprint density at radius 1 is 1.28 bits per heavy atom. The number of aryl methyl sites for hydroxylation is 1. The van der Waals surface area contributed by atoms with E-state index in [1.807, 2.05) is 20.8 Å². The minimum absolute atomic E-state index is 0.165. The highest BCUT2D eigenvalue weighted by Crippen LogP contribution is 2.32. The maximum atomic E-state index is 12.9. The van der Waals surface area contributed by atoms with Crippen LogP contribution in [0.5, 0.6) is 0 Å². The summed E-state index contributed by atoms with van der Waals surface area (Å²) in [5, 5.41) is 3.78. The Bertz CT molecular complexity index is 976. The summed E-state index contributed by atoms with van der Waals surface area (Å²) in [6.45, 7) is 5.94. The summed E-state index contributed by atoms with van der Waals surface area (Å²) in [6.07, 6.45) is 1.10. The van der Waals surface area contributed by atoms with Crippen LogP contribution in [0.2, 0.25) is 10.0 Å². The van der Waals surface area contributed by atoms with Crippen LogP contribution >= 0.6 is 23.2 Å². The highest BCUT2D eigenvalue weighted by Gasteiger charge is 2.36. The number of furan rings is 1. The number of benzene rings is 1. The number of hydrogen-bond acceptors (Lipinski definition) is 4. The molecule has 154 valence electrons. The van der Waals surface area contributed by atoms with Crippen molar-refractivity contribution in [3.05, 3.63) is 51.9 Å². The van der Waals surface area contributed by atoms with Crippen molar-refractivity contribution >= 4 is 46.4 Å². The number of nitrogens with one attached hydrogen (secondary N) is 1. The summed E-state index contributed by atoms with van der Waals surface area (Å²) in [7, 11) is 1.64. The summed E-state index contributed by atoms with van der Waals surface area (Å²) >= 11 is 12.1. The average molecular weight is 436 g/mol. The van der Waals surface area contributed by atoms with Crippen LogP contribution in [0.3, 0.4) is 0 Å². The summed E-state index contributed by atoms with van der Waals surface area (Å²) in [5.74, 6) is -0.0823. The Labute approximate surface area is 179 Å². The minimum Gasteiger partial charge on any atom is -0.461 e. The number of carbonyl (C=O) groups excluding carboxylic acids is 2. The molecular formula is C21H23Cl2N3O3. The lowest BCUT2D eigenvalue weighted by molar-refractivity contribution is -0.127. The normalized spacial score (nSPS) is 16.9. The lowest BCUT2D eigenvalue weighted by Gasteiger charge is -2.21. The van der Waals surface area contributed by atoms with Gasteiger partial charge in [-0.05, 0) is 24.1 Å². The number of likely N-dealkylation sites (N-methyl/N-ethyl adjacent to an activating group) is 1. The summed E-state index contributed by atoms with van der Waals surface area (Å²) < 4.78 is 5.61. The molecule has 0 spiro atoms. The van der Waals surface area contributed by atoms with Crippen molar-refractivity contribution in [1.82, 2.24) is 5.32 Å². The minimum atomic E-state index is -1.02. The van der Waals surface area contributed by atoms with E-state index in [2.05, 4.69) is 10.3 Å². The highest BCUT2D eigenvalue weighted by molar-refractivity contribution is 6.35. The summed E-state index contributed by atoms with van der Waals surface area (Å²) in [4.78, 5) is 31.5. The smallest absolute Gasteiger partial charge is 0.272 e. The van der Waals surface area contributed by atoms with E-state index in [4.69, 9.17) is 27.6 Å². The molecule has 0 bridgehead atoms. The number of nitrogens with zero attached hydrogens (tertiary/aromatic N) is 2. The maximum absolute atomic E-state index is 12.9. The van der Waals surface area contributed by atoms with Crippen molar-refractivity contribution in [1.29, 1.82) is 0 Å². The lowest BCUT2D eigenvalue weighted by Crippen LogP contribution is -2.46. The molecule has 0 fully saturated rings. The fourth-order valence-corrected chi connectivity index (χ4v) is 3.62. The average Bonchev–Trinajstić information content (AvgIpc) is 3.07. The van der Waals surface area contributed by atoms with Crippen LogP contribution in [0.1, 0.15) is 38.5 Å². The van der Waals surface area contributed by atoms with E-state index in [0.717, 1.165) is 5.56 Å². The van der Waals surface area contributed by atoms with Crippen molar-refractivity contribution < 1.29 is 14.0 Å². The summed E-state index contributed by atoms with van der Waals surface area (Å²) in [6, 6.07) is 6.88. The van der Waals surface area contributed by atoms with Crippen LogP contribution in [0, 0.1) is 5.41 Å². The van der Waals surface area contributed by atoms with Gasteiger partial charge in [0.15, 0.2) is 5.76 Å². The monoisotopic (exact) mass is 435 g/mol. The van der Waals surface area contributed by atoms with Gasteiger partial charge in [0.25, 0.3) is 5.91 Å². The first kappa shape index (κ1) is 21.4. The molecule has 0 radical (unpaired) electrons. The van der Waals surface area contributed by atoms with Crippen molar-refractivity contribution in [2.45, 2.75) is 39.8 Å². The predicted octanol–water partition coefficient (Wildman–Crippen LogP) is 4.47. The second-order valence-corrected chi connectivity index (χ2v) is 8.81. The van der Waals surface area contributed by atoms with Crippen LogP contribution in [-0.4, -0.2) is 30.7 Å². The van der Waals surface area contributed by atoms with Gasteiger partial charge in [0, 0.05) is 35.0 Å². The molecule has 1 unspecified atom stereocenters. The second-order valence-electron chi connectivity index (χ2n) is 7.97. The number of rotatable bonds is 4. The Hall–Kier alpha value is -2.31. The number of halogens is 2. The maximum Gasteiger partial charge on any atom is 0.272 e. The van der Waals surface area contributed by atoms with E-state index in [-0.39, 0.29) is 23.7 Å². The van der Waals surface area contributed by atoms with Crippen molar-refractivity contribution in [3.8, 4) is 0 Å². The van der Waals surface area contributed by atoms with Crippen LogP contribution in [0.15, 0.2) is 39.9 Å². The molecule has 0 saturated carbocycles. The fraction of sp³-hybridized carbons (Fsp3) is 0.381. The molecule has 29 heavy (non-hydrogen) atoms. The molecule has 1 N–H and O–H groups in total. The number of aliphatic imine (C=N–C) groups is 1. The van der Waals surface area contributed by atoms with E-state index in [1.165, 1.54) is 11.2 Å². The Balaban J connectivity index is 1.79. The molecule has 3 rings (SSSR count). The molecule has 1 aliphatic heterocycles. The zero-order valence-corrected chi connectivity index (χ0v) is 18.3. The molecular weight excluding hydrogens is 413 g/mol. The molecule has 2 amide bonds. The molecule has 2 aromatic rings. The van der Waals surface area contributed by atoms with Gasteiger partial charge >= 0.3 is 0 Å². The van der Waals surface area contributed by atoms with Gasteiger partial charge in [-0.3, -0.25) is 14.6 Å². The second kappa shape index (κ2) is 8.20. The molecule has 1 aromatic carbocycles. The molecule has 1 aliphatic rings. The molecule has 0 aliphatic carbocycles. The first-order valence-corrected chi connectivity index (χ1v) is 10.0. The van der Waals surface area contributed by atoms with Crippen LogP contribution in [-0.2, 0) is 16.0 Å². The number of anilines is 1. The number of carbonyl (C=O) groups is 2. The SMILES string of the molecule is CN1C(=O)C(NC(=O)CCc2ccc(Cl)cc2Cl)N=C(C(C)(C)C)c2occc21. The lowest BCUT2D eigenvalue weighted by atomic mass is 9.88. The Morgan fingerprint density at radius 2 is 2.00 bits per heavy atom. The standard InChI is InChI=1S/C21H23Cl2N3O3/c1-21(2,3)18-17-15(9-10-29-17)26(4)20(28)19(25-18)24-16(27)8-6-12-5-7-13(22)11-14(12)23/h5,7,9-11,19H,6,8H2,1-4H3,(H,24,27). The molecule has 1 aromatic heterocycles. The van der Waals surface area contributed by atoms with Gasteiger partial charge in [-0.2, -0.15) is 0 Å². The number of hydrogen-bond donors (Lipinski definition) is 1. The number of fused-ring (bicyclic) bond motifs is 1.